The van der Waals surface area contributed by atoms with Gasteiger partial charge in [0.15, 0.2) is 5.79 Å². The Morgan fingerprint density at radius 3 is 1.90 bits per heavy atom. The van der Waals surface area contributed by atoms with Gasteiger partial charge in [0.05, 0.1) is 17.3 Å². The molecule has 0 aliphatic carbocycles. The van der Waals surface area contributed by atoms with E-state index in [4.69, 9.17) is 9.47 Å². The average Bonchev–Trinajstić information content (AvgIpc) is 2.53. The van der Waals surface area contributed by atoms with E-state index in [1.54, 1.807) is 0 Å². The molecule has 0 amide bonds. The highest BCUT2D eigenvalue weighted by atomic mass is 32.2. The lowest BCUT2D eigenvalue weighted by Gasteiger charge is -2.32. The van der Waals surface area contributed by atoms with Crippen molar-refractivity contribution in [3.05, 3.63) is 0 Å². The van der Waals surface area contributed by atoms with Gasteiger partial charge in [-0.05, 0) is 20.3 Å². The second-order valence-electron chi connectivity index (χ2n) is 8.06. The van der Waals surface area contributed by atoms with Crippen LogP contribution < -0.4 is 0 Å². The second-order valence-corrected chi connectivity index (χ2v) is 12.4. The minimum absolute atomic E-state index is 0.176. The van der Waals surface area contributed by atoms with Crippen LogP contribution in [-0.2, 0) is 9.47 Å². The molecule has 1 fully saturated rings. The summed E-state index contributed by atoms with van der Waals surface area (Å²) in [7, 11) is 0. The molecule has 0 aromatic carbocycles. The predicted molar refractivity (Wildman–Crippen MR) is 94.0 cm³/mol. The summed E-state index contributed by atoms with van der Waals surface area (Å²) in [6.07, 6.45) is 0.0126. The minimum atomic E-state index is -0.574. The Kier molecular flexibility index (Phi) is 6.54. The van der Waals surface area contributed by atoms with Crippen molar-refractivity contribution in [1.29, 1.82) is 0 Å². The van der Waals surface area contributed by atoms with E-state index in [9.17, 15) is 5.11 Å². The van der Waals surface area contributed by atoms with Gasteiger partial charge in [0.1, 0.15) is 6.10 Å². The van der Waals surface area contributed by atoms with E-state index >= 15 is 0 Å². The zero-order valence-corrected chi connectivity index (χ0v) is 16.4. The van der Waals surface area contributed by atoms with E-state index in [1.807, 2.05) is 37.4 Å². The molecule has 0 spiro atoms. The Labute approximate surface area is 138 Å². The van der Waals surface area contributed by atoms with Crippen LogP contribution in [0.2, 0.25) is 0 Å². The summed E-state index contributed by atoms with van der Waals surface area (Å²) in [5.74, 6) is -0.574. The summed E-state index contributed by atoms with van der Waals surface area (Å²) in [6.45, 7) is 17.6. The molecule has 2 atom stereocenters. The van der Waals surface area contributed by atoms with Crippen molar-refractivity contribution < 1.29 is 14.6 Å². The highest BCUT2D eigenvalue weighted by molar-refractivity contribution is 8.18. The maximum absolute atomic E-state index is 10.5. The van der Waals surface area contributed by atoms with Crippen molar-refractivity contribution in [3.8, 4) is 0 Å². The zero-order chi connectivity index (χ0) is 16.5. The van der Waals surface area contributed by atoms with E-state index < -0.39 is 11.9 Å². The Bertz CT molecular complexity index is 315. The van der Waals surface area contributed by atoms with Crippen LogP contribution in [0.25, 0.3) is 0 Å². The molecule has 1 aliphatic heterocycles. The first-order valence-corrected chi connectivity index (χ1v) is 9.39. The lowest BCUT2D eigenvalue weighted by Crippen LogP contribution is -2.34. The molecule has 1 rings (SSSR count). The molecule has 0 aromatic heterocycles. The van der Waals surface area contributed by atoms with Gasteiger partial charge >= 0.3 is 0 Å². The van der Waals surface area contributed by atoms with Crippen LogP contribution in [-0.4, -0.2) is 43.8 Å². The molecular formula is C16H32O3S2. The summed E-state index contributed by atoms with van der Waals surface area (Å²) in [5.41, 5.74) is 0. The van der Waals surface area contributed by atoms with Gasteiger partial charge in [-0.2, -0.15) is 0 Å². The van der Waals surface area contributed by atoms with Crippen LogP contribution in [0.3, 0.4) is 0 Å². The molecule has 1 saturated heterocycles. The van der Waals surface area contributed by atoms with Gasteiger partial charge in [-0.15, -0.1) is 23.5 Å². The summed E-state index contributed by atoms with van der Waals surface area (Å²) in [5, 5.41) is 10.5. The first-order chi connectivity index (χ1) is 9.27. The number of rotatable bonds is 5. The van der Waals surface area contributed by atoms with Gasteiger partial charge in [0, 0.05) is 9.49 Å². The Morgan fingerprint density at radius 2 is 1.57 bits per heavy atom. The van der Waals surface area contributed by atoms with Crippen molar-refractivity contribution in [3.63, 3.8) is 0 Å². The van der Waals surface area contributed by atoms with Gasteiger partial charge in [-0.25, -0.2) is 0 Å². The lowest BCUT2D eigenvalue weighted by atomic mass is 10.1. The van der Waals surface area contributed by atoms with E-state index in [0.29, 0.717) is 17.6 Å². The molecule has 126 valence electrons. The molecule has 1 heterocycles. The van der Waals surface area contributed by atoms with Crippen LogP contribution in [0.1, 0.15) is 61.8 Å². The number of aliphatic hydroxyl groups is 1. The summed E-state index contributed by atoms with van der Waals surface area (Å²) in [6, 6.07) is 0. The fraction of sp³-hybridized carbons (Fsp3) is 1.00. The van der Waals surface area contributed by atoms with Crippen LogP contribution in [0.15, 0.2) is 0 Å². The minimum Gasteiger partial charge on any atom is -0.390 e. The fourth-order valence-electron chi connectivity index (χ4n) is 2.16. The zero-order valence-electron chi connectivity index (χ0n) is 14.7. The molecule has 3 nitrogen and oxygen atoms in total. The normalized spacial score (nSPS) is 24.6. The Hall–Kier alpha value is 0.580. The van der Waals surface area contributed by atoms with Gasteiger partial charge in [0.2, 0.25) is 0 Å². The molecule has 0 bridgehead atoms. The maximum atomic E-state index is 10.5. The Morgan fingerprint density at radius 1 is 1.10 bits per heavy atom. The average molecular weight is 337 g/mol. The standard InChI is InChI=1S/C16H32O3S2/c1-14(2,3)20-13(21-15(4,5)6)9-11(17)12-10-18-16(7,8)19-12/h11-13,17H,9-10H2,1-8H3/t11-,12-/m0/s1. The number of thioether (sulfide) groups is 2. The number of aliphatic hydroxyl groups excluding tert-OH is 1. The third-order valence-corrected chi connectivity index (χ3v) is 5.77. The lowest BCUT2D eigenvalue weighted by molar-refractivity contribution is -0.151. The van der Waals surface area contributed by atoms with Gasteiger partial charge in [0.25, 0.3) is 0 Å². The third-order valence-electron chi connectivity index (χ3n) is 2.86. The molecule has 1 N–H and O–H groups in total. The van der Waals surface area contributed by atoms with Crippen molar-refractivity contribution in [2.24, 2.45) is 0 Å². The maximum Gasteiger partial charge on any atom is 0.163 e. The number of ether oxygens (including phenoxy) is 2. The molecule has 0 radical (unpaired) electrons. The highest BCUT2D eigenvalue weighted by Gasteiger charge is 2.38. The SMILES string of the molecule is CC1(C)OC[C@@H]([C@@H](O)CC(SC(C)(C)C)SC(C)(C)C)O1. The number of hydrogen-bond donors (Lipinski definition) is 1. The fourth-order valence-corrected chi connectivity index (χ4v) is 6.25. The Balaban J connectivity index is 2.63. The van der Waals surface area contributed by atoms with Crippen LogP contribution in [0, 0.1) is 0 Å². The summed E-state index contributed by atoms with van der Waals surface area (Å²) < 4.78 is 12.0. The number of hydrogen-bond acceptors (Lipinski definition) is 5. The molecule has 0 aromatic rings. The first kappa shape index (κ1) is 19.6. The molecule has 5 heteroatoms. The summed E-state index contributed by atoms with van der Waals surface area (Å²) in [4.78, 5) is 0. The molecule has 0 saturated carbocycles. The monoisotopic (exact) mass is 336 g/mol. The highest BCUT2D eigenvalue weighted by Crippen LogP contribution is 2.43. The topological polar surface area (TPSA) is 38.7 Å². The predicted octanol–water partition coefficient (Wildman–Crippen LogP) is 4.28. The largest absolute Gasteiger partial charge is 0.390 e. The van der Waals surface area contributed by atoms with Crippen molar-refractivity contribution >= 4 is 23.5 Å². The van der Waals surface area contributed by atoms with Crippen molar-refractivity contribution in [2.45, 2.75) is 93.9 Å². The van der Waals surface area contributed by atoms with E-state index in [1.165, 1.54) is 0 Å². The van der Waals surface area contributed by atoms with Gasteiger partial charge < -0.3 is 14.6 Å². The first-order valence-electron chi connectivity index (χ1n) is 7.63. The van der Waals surface area contributed by atoms with Crippen molar-refractivity contribution in [2.75, 3.05) is 6.61 Å². The van der Waals surface area contributed by atoms with Gasteiger partial charge in [-0.3, -0.25) is 0 Å². The molecular weight excluding hydrogens is 304 g/mol. The van der Waals surface area contributed by atoms with Crippen molar-refractivity contribution in [1.82, 2.24) is 0 Å². The third kappa shape index (κ3) is 8.12. The second kappa shape index (κ2) is 7.00. The van der Waals surface area contributed by atoms with Crippen LogP contribution in [0.4, 0.5) is 0 Å². The van der Waals surface area contributed by atoms with E-state index in [-0.39, 0.29) is 15.6 Å². The molecule has 21 heavy (non-hydrogen) atoms. The van der Waals surface area contributed by atoms with Crippen LogP contribution in [0.5, 0.6) is 0 Å². The molecule has 1 aliphatic rings. The van der Waals surface area contributed by atoms with E-state index in [0.717, 1.165) is 0 Å². The smallest absolute Gasteiger partial charge is 0.163 e. The molecule has 0 unspecified atom stereocenters. The van der Waals surface area contributed by atoms with E-state index in [2.05, 4.69) is 41.5 Å². The quantitative estimate of drug-likeness (QED) is 0.759. The van der Waals surface area contributed by atoms with Gasteiger partial charge in [-0.1, -0.05) is 41.5 Å². The van der Waals surface area contributed by atoms with Crippen LogP contribution >= 0.6 is 23.5 Å². The summed E-state index contributed by atoms with van der Waals surface area (Å²) >= 11 is 3.84.